The third-order valence-corrected chi connectivity index (χ3v) is 3.49. The van der Waals surface area contributed by atoms with Crippen molar-refractivity contribution in [3.63, 3.8) is 0 Å². The fourth-order valence-electron chi connectivity index (χ4n) is 2.41. The smallest absolute Gasteiger partial charge is 0.271 e. The Hall–Kier alpha value is -1.62. The lowest BCUT2D eigenvalue weighted by atomic mass is 10.00. The molecule has 0 spiro atoms. The molecule has 0 radical (unpaired) electrons. The zero-order valence-corrected chi connectivity index (χ0v) is 10.8. The van der Waals surface area contributed by atoms with E-state index in [1.54, 1.807) is 0 Å². The highest BCUT2D eigenvalue weighted by molar-refractivity contribution is 5.93. The molecule has 0 aromatic carbocycles. The monoisotopic (exact) mass is 249 g/mol. The Labute approximate surface area is 106 Å². The van der Waals surface area contributed by atoms with Gasteiger partial charge < -0.3 is 4.98 Å². The van der Waals surface area contributed by atoms with E-state index in [-0.39, 0.29) is 16.9 Å². The molecular weight excluding hydrogens is 230 g/mol. The number of hydrazine groups is 1. The maximum atomic E-state index is 12.1. The standard InChI is InChI=1S/C13H19N3O2/c1-9-4-3-5-10(2)16(9)15-13(18)11-8-14-7-6-12(11)17/h6-10H,3-5H2,1-2H3,(H,14,17)(H,15,18). The predicted molar refractivity (Wildman–Crippen MR) is 69.1 cm³/mol. The topological polar surface area (TPSA) is 65.2 Å². The highest BCUT2D eigenvalue weighted by Gasteiger charge is 2.26. The summed E-state index contributed by atoms with van der Waals surface area (Å²) in [6.07, 6.45) is 6.27. The molecule has 0 bridgehead atoms. The molecule has 2 rings (SSSR count). The molecule has 1 aromatic rings. The Morgan fingerprint density at radius 1 is 1.39 bits per heavy atom. The van der Waals surface area contributed by atoms with E-state index in [4.69, 9.17) is 0 Å². The van der Waals surface area contributed by atoms with Crippen LogP contribution in [0.15, 0.2) is 23.3 Å². The van der Waals surface area contributed by atoms with Crippen LogP contribution in [0.2, 0.25) is 0 Å². The van der Waals surface area contributed by atoms with Gasteiger partial charge in [-0.3, -0.25) is 15.0 Å². The van der Waals surface area contributed by atoms with Crippen LogP contribution >= 0.6 is 0 Å². The SMILES string of the molecule is CC1CCCC(C)N1NC(=O)c1c[nH]ccc1=O. The summed E-state index contributed by atoms with van der Waals surface area (Å²) in [5, 5.41) is 1.96. The van der Waals surface area contributed by atoms with Crippen LogP contribution in [0.3, 0.4) is 0 Å². The van der Waals surface area contributed by atoms with Gasteiger partial charge in [0.05, 0.1) is 0 Å². The summed E-state index contributed by atoms with van der Waals surface area (Å²) in [5.74, 6) is -0.336. The van der Waals surface area contributed by atoms with Crippen molar-refractivity contribution in [1.29, 1.82) is 0 Å². The number of aromatic nitrogens is 1. The summed E-state index contributed by atoms with van der Waals surface area (Å²) < 4.78 is 0. The number of hydrogen-bond donors (Lipinski definition) is 2. The second kappa shape index (κ2) is 5.35. The Morgan fingerprint density at radius 3 is 2.67 bits per heavy atom. The van der Waals surface area contributed by atoms with Gasteiger partial charge in [0.2, 0.25) is 0 Å². The molecule has 5 heteroatoms. The number of hydrogen-bond acceptors (Lipinski definition) is 3. The lowest BCUT2D eigenvalue weighted by Gasteiger charge is -2.38. The molecule has 98 valence electrons. The first-order chi connectivity index (χ1) is 8.59. The van der Waals surface area contributed by atoms with E-state index in [0.717, 1.165) is 12.8 Å². The zero-order valence-electron chi connectivity index (χ0n) is 10.8. The largest absolute Gasteiger partial charge is 0.367 e. The number of rotatable bonds is 2. The third-order valence-electron chi connectivity index (χ3n) is 3.49. The van der Waals surface area contributed by atoms with Crippen molar-refractivity contribution in [3.8, 4) is 0 Å². The third kappa shape index (κ3) is 2.61. The summed E-state index contributed by atoms with van der Waals surface area (Å²) in [7, 11) is 0. The van der Waals surface area contributed by atoms with Crippen LogP contribution in [0.5, 0.6) is 0 Å². The molecule has 2 heterocycles. The number of carbonyl (C=O) groups is 1. The summed E-state index contributed by atoms with van der Waals surface area (Å²) in [6.45, 7) is 4.18. The number of piperidine rings is 1. The van der Waals surface area contributed by atoms with Gasteiger partial charge in [0.1, 0.15) is 5.56 Å². The molecule has 1 aliphatic heterocycles. The first-order valence-corrected chi connectivity index (χ1v) is 6.36. The van der Waals surface area contributed by atoms with Crippen molar-refractivity contribution >= 4 is 5.91 Å². The molecule has 1 saturated heterocycles. The Balaban J connectivity index is 2.11. The predicted octanol–water partition coefficient (Wildman–Crippen LogP) is 1.28. The van der Waals surface area contributed by atoms with E-state index in [9.17, 15) is 9.59 Å². The minimum absolute atomic E-state index is 0.155. The van der Waals surface area contributed by atoms with Gasteiger partial charge in [0, 0.05) is 30.5 Å². The number of carbonyl (C=O) groups excluding carboxylic acids is 1. The highest BCUT2D eigenvalue weighted by Crippen LogP contribution is 2.20. The summed E-state index contributed by atoms with van der Waals surface area (Å²) in [4.78, 5) is 26.4. The molecule has 2 N–H and O–H groups in total. The summed E-state index contributed by atoms with van der Waals surface area (Å²) >= 11 is 0. The van der Waals surface area contributed by atoms with Crippen LogP contribution in [0.25, 0.3) is 0 Å². The summed E-state index contributed by atoms with van der Waals surface area (Å²) in [5.41, 5.74) is 2.74. The number of nitrogens with zero attached hydrogens (tertiary/aromatic N) is 1. The fraction of sp³-hybridized carbons (Fsp3) is 0.538. The number of nitrogens with one attached hydrogen (secondary N) is 2. The van der Waals surface area contributed by atoms with Gasteiger partial charge in [-0.15, -0.1) is 0 Å². The molecule has 2 atom stereocenters. The van der Waals surface area contributed by atoms with E-state index >= 15 is 0 Å². The normalized spacial score (nSPS) is 24.8. The molecule has 0 aliphatic carbocycles. The van der Waals surface area contributed by atoms with Crippen molar-refractivity contribution in [2.75, 3.05) is 0 Å². The van der Waals surface area contributed by atoms with Gasteiger partial charge in [0.15, 0.2) is 5.43 Å². The first-order valence-electron chi connectivity index (χ1n) is 6.36. The lowest BCUT2D eigenvalue weighted by molar-refractivity contribution is 0.0368. The van der Waals surface area contributed by atoms with E-state index in [1.807, 2.05) is 5.01 Å². The van der Waals surface area contributed by atoms with Crippen molar-refractivity contribution < 1.29 is 4.79 Å². The van der Waals surface area contributed by atoms with Crippen LogP contribution < -0.4 is 10.9 Å². The van der Waals surface area contributed by atoms with Crippen LogP contribution in [-0.2, 0) is 0 Å². The fourth-order valence-corrected chi connectivity index (χ4v) is 2.41. The number of pyridine rings is 1. The molecular formula is C13H19N3O2. The van der Waals surface area contributed by atoms with Gasteiger partial charge in [-0.25, -0.2) is 5.01 Å². The second-order valence-corrected chi connectivity index (χ2v) is 4.90. The van der Waals surface area contributed by atoms with Crippen LogP contribution in [0.4, 0.5) is 0 Å². The van der Waals surface area contributed by atoms with Gasteiger partial charge in [-0.1, -0.05) is 6.42 Å². The molecule has 1 aliphatic rings. The quantitative estimate of drug-likeness (QED) is 0.830. The molecule has 18 heavy (non-hydrogen) atoms. The summed E-state index contributed by atoms with van der Waals surface area (Å²) in [6, 6.07) is 1.97. The van der Waals surface area contributed by atoms with Crippen molar-refractivity contribution in [2.24, 2.45) is 0 Å². The van der Waals surface area contributed by atoms with Gasteiger partial charge in [-0.2, -0.15) is 0 Å². The first kappa shape index (κ1) is 12.8. The van der Waals surface area contributed by atoms with Gasteiger partial charge in [0.25, 0.3) is 5.91 Å². The molecule has 0 saturated carbocycles. The van der Waals surface area contributed by atoms with Crippen molar-refractivity contribution in [2.45, 2.75) is 45.2 Å². The van der Waals surface area contributed by atoms with Crippen LogP contribution in [0, 0.1) is 0 Å². The Bertz CT molecular complexity index is 473. The molecule has 1 fully saturated rings. The molecule has 5 nitrogen and oxygen atoms in total. The maximum absolute atomic E-state index is 12.1. The van der Waals surface area contributed by atoms with Gasteiger partial charge >= 0.3 is 0 Å². The van der Waals surface area contributed by atoms with Crippen LogP contribution in [-0.4, -0.2) is 28.0 Å². The van der Waals surface area contributed by atoms with Crippen molar-refractivity contribution in [1.82, 2.24) is 15.4 Å². The van der Waals surface area contributed by atoms with E-state index in [0.29, 0.717) is 12.1 Å². The van der Waals surface area contributed by atoms with Crippen molar-refractivity contribution in [3.05, 3.63) is 34.2 Å². The minimum Gasteiger partial charge on any atom is -0.367 e. The molecule has 1 amide bonds. The van der Waals surface area contributed by atoms with E-state index < -0.39 is 0 Å². The lowest BCUT2D eigenvalue weighted by Crippen LogP contribution is -2.54. The van der Waals surface area contributed by atoms with E-state index in [1.165, 1.54) is 24.9 Å². The van der Waals surface area contributed by atoms with E-state index in [2.05, 4.69) is 24.3 Å². The number of aromatic amines is 1. The van der Waals surface area contributed by atoms with Crippen LogP contribution in [0.1, 0.15) is 43.5 Å². The second-order valence-electron chi connectivity index (χ2n) is 4.90. The average molecular weight is 249 g/mol. The number of H-pyrrole nitrogens is 1. The molecule has 1 aromatic heterocycles. The Kier molecular flexibility index (Phi) is 3.81. The van der Waals surface area contributed by atoms with Gasteiger partial charge in [-0.05, 0) is 26.7 Å². The highest BCUT2D eigenvalue weighted by atomic mass is 16.2. The minimum atomic E-state index is -0.336. The Morgan fingerprint density at radius 2 is 2.06 bits per heavy atom. The molecule has 2 unspecified atom stereocenters. The number of amides is 1. The maximum Gasteiger partial charge on any atom is 0.271 e. The zero-order chi connectivity index (χ0) is 13.1. The average Bonchev–Trinajstić information content (AvgIpc) is 2.34.